The average molecular weight is 310 g/mol. The molecule has 4 rings (SSSR count). The van der Waals surface area contributed by atoms with Crippen LogP contribution in [-0.2, 0) is 4.79 Å². The first-order chi connectivity index (χ1) is 11.2. The van der Waals surface area contributed by atoms with E-state index in [9.17, 15) is 4.79 Å². The summed E-state index contributed by atoms with van der Waals surface area (Å²) in [6, 6.07) is 4.43. The fraction of sp³-hybridized carbons (Fsp3) is 0.500. The van der Waals surface area contributed by atoms with Gasteiger partial charge >= 0.3 is 0 Å². The van der Waals surface area contributed by atoms with Crippen molar-refractivity contribution in [2.75, 3.05) is 13.1 Å². The van der Waals surface area contributed by atoms with Gasteiger partial charge < -0.3 is 9.47 Å². The molecule has 1 amide bonds. The van der Waals surface area contributed by atoms with Crippen molar-refractivity contribution in [1.29, 1.82) is 0 Å². The molecule has 2 aromatic rings. The van der Waals surface area contributed by atoms with E-state index in [0.29, 0.717) is 17.9 Å². The number of imidazole rings is 1. The quantitative estimate of drug-likeness (QED) is 0.876. The lowest BCUT2D eigenvalue weighted by atomic mass is 10.0. The van der Waals surface area contributed by atoms with E-state index in [1.165, 1.54) is 5.69 Å². The smallest absolute Gasteiger partial charge is 0.225 e. The summed E-state index contributed by atoms with van der Waals surface area (Å²) in [4.78, 5) is 23.0. The Bertz CT molecular complexity index is 697. The first-order valence-electron chi connectivity index (χ1n) is 8.47. The van der Waals surface area contributed by atoms with Gasteiger partial charge in [0.1, 0.15) is 5.82 Å². The van der Waals surface area contributed by atoms with Crippen molar-refractivity contribution in [2.45, 2.75) is 38.6 Å². The van der Waals surface area contributed by atoms with Crippen LogP contribution in [0.5, 0.6) is 0 Å². The molecule has 1 saturated carbocycles. The summed E-state index contributed by atoms with van der Waals surface area (Å²) in [5.41, 5.74) is 2.29. The Morgan fingerprint density at radius 2 is 1.83 bits per heavy atom. The first kappa shape index (κ1) is 14.4. The number of likely N-dealkylation sites (tertiary alicyclic amines) is 1. The highest BCUT2D eigenvalue weighted by Crippen LogP contribution is 2.34. The molecule has 2 fully saturated rings. The van der Waals surface area contributed by atoms with Gasteiger partial charge in [-0.15, -0.1) is 0 Å². The van der Waals surface area contributed by atoms with E-state index in [2.05, 4.69) is 26.4 Å². The Morgan fingerprint density at radius 1 is 1.13 bits per heavy atom. The number of carbonyl (C=O) groups excluding carboxylic acids is 1. The molecule has 2 aliphatic rings. The van der Waals surface area contributed by atoms with Crippen molar-refractivity contribution in [3.63, 3.8) is 0 Å². The summed E-state index contributed by atoms with van der Waals surface area (Å²) in [6.45, 7) is 3.85. The Morgan fingerprint density at radius 3 is 2.48 bits per heavy atom. The van der Waals surface area contributed by atoms with Crippen molar-refractivity contribution in [3.8, 4) is 11.4 Å². The highest BCUT2D eigenvalue weighted by molar-refractivity contribution is 5.81. The van der Waals surface area contributed by atoms with Crippen molar-refractivity contribution >= 4 is 5.91 Å². The number of pyridine rings is 1. The van der Waals surface area contributed by atoms with Crippen molar-refractivity contribution in [3.05, 3.63) is 36.4 Å². The maximum absolute atomic E-state index is 12.2. The van der Waals surface area contributed by atoms with Crippen molar-refractivity contribution in [2.24, 2.45) is 5.92 Å². The van der Waals surface area contributed by atoms with Crippen LogP contribution in [-0.4, -0.2) is 38.4 Å². The minimum Gasteiger partial charge on any atom is -0.342 e. The van der Waals surface area contributed by atoms with Gasteiger partial charge in [-0.1, -0.05) is 0 Å². The summed E-state index contributed by atoms with van der Waals surface area (Å²) in [5.74, 6) is 1.71. The molecule has 120 valence electrons. The molecule has 1 saturated heterocycles. The molecule has 0 spiro atoms. The summed E-state index contributed by atoms with van der Waals surface area (Å²) in [5, 5.41) is 0. The third-order valence-electron chi connectivity index (χ3n) is 4.99. The fourth-order valence-corrected chi connectivity index (χ4v) is 3.55. The van der Waals surface area contributed by atoms with E-state index in [1.54, 1.807) is 12.4 Å². The zero-order valence-electron chi connectivity index (χ0n) is 13.5. The van der Waals surface area contributed by atoms with Crippen LogP contribution in [0.3, 0.4) is 0 Å². The zero-order chi connectivity index (χ0) is 15.8. The van der Waals surface area contributed by atoms with Gasteiger partial charge in [-0.3, -0.25) is 9.78 Å². The van der Waals surface area contributed by atoms with Gasteiger partial charge in [0.2, 0.25) is 5.91 Å². The molecule has 2 aromatic heterocycles. The molecule has 1 aliphatic carbocycles. The maximum Gasteiger partial charge on any atom is 0.225 e. The topological polar surface area (TPSA) is 51.0 Å². The second-order valence-electron chi connectivity index (χ2n) is 6.66. The Labute approximate surface area is 136 Å². The predicted octanol–water partition coefficient (Wildman–Crippen LogP) is 2.83. The Kier molecular flexibility index (Phi) is 3.63. The van der Waals surface area contributed by atoms with Gasteiger partial charge in [-0.25, -0.2) is 4.98 Å². The van der Waals surface area contributed by atoms with Crippen LogP contribution in [0.25, 0.3) is 11.4 Å². The standard InChI is InChI=1S/C18H22N4O/c1-13-12-20-17(14-4-8-19-9-5-14)22(13)16-6-10-21(11-7-16)18(23)15-2-3-15/h4-5,8-9,12,15-16H,2-3,6-7,10-11H2,1H3. The van der Waals surface area contributed by atoms with Crippen LogP contribution in [0.2, 0.25) is 0 Å². The molecule has 0 bridgehead atoms. The molecule has 0 radical (unpaired) electrons. The monoisotopic (exact) mass is 310 g/mol. The molecule has 5 heteroatoms. The van der Waals surface area contributed by atoms with Gasteiger partial charge in [-0.2, -0.15) is 0 Å². The summed E-state index contributed by atoms with van der Waals surface area (Å²) >= 11 is 0. The number of nitrogens with zero attached hydrogens (tertiary/aromatic N) is 4. The van der Waals surface area contributed by atoms with Gasteiger partial charge in [0.05, 0.1) is 0 Å². The SMILES string of the molecule is Cc1cnc(-c2ccncc2)n1C1CCN(C(=O)C2CC2)CC1. The lowest BCUT2D eigenvalue weighted by Crippen LogP contribution is -2.40. The van der Waals surface area contributed by atoms with E-state index in [-0.39, 0.29) is 0 Å². The number of amides is 1. The minimum absolute atomic E-state index is 0.328. The van der Waals surface area contributed by atoms with Crippen LogP contribution in [0.4, 0.5) is 0 Å². The molecular weight excluding hydrogens is 288 g/mol. The second-order valence-corrected chi connectivity index (χ2v) is 6.66. The number of aryl methyl sites for hydroxylation is 1. The lowest BCUT2D eigenvalue weighted by Gasteiger charge is -2.34. The largest absolute Gasteiger partial charge is 0.342 e. The second kappa shape index (κ2) is 5.80. The average Bonchev–Trinajstić information content (AvgIpc) is 3.38. The van der Waals surface area contributed by atoms with Crippen LogP contribution in [0.1, 0.15) is 37.4 Å². The predicted molar refractivity (Wildman–Crippen MR) is 87.8 cm³/mol. The third-order valence-corrected chi connectivity index (χ3v) is 4.99. The molecule has 23 heavy (non-hydrogen) atoms. The molecular formula is C18H22N4O. The van der Waals surface area contributed by atoms with E-state index in [4.69, 9.17) is 0 Å². The van der Waals surface area contributed by atoms with Gasteiger partial charge in [-0.05, 0) is 44.7 Å². The van der Waals surface area contributed by atoms with Crippen LogP contribution in [0, 0.1) is 12.8 Å². The first-order valence-corrected chi connectivity index (χ1v) is 8.47. The number of piperidine rings is 1. The van der Waals surface area contributed by atoms with E-state index >= 15 is 0 Å². The number of hydrogen-bond donors (Lipinski definition) is 0. The highest BCUT2D eigenvalue weighted by Gasteiger charge is 2.35. The van der Waals surface area contributed by atoms with E-state index in [0.717, 1.165) is 50.2 Å². The molecule has 0 unspecified atom stereocenters. The Hall–Kier alpha value is -2.17. The zero-order valence-corrected chi connectivity index (χ0v) is 13.5. The van der Waals surface area contributed by atoms with Crippen LogP contribution >= 0.6 is 0 Å². The summed E-state index contributed by atoms with van der Waals surface area (Å²) < 4.78 is 2.34. The molecule has 1 aliphatic heterocycles. The van der Waals surface area contributed by atoms with Crippen LogP contribution in [0.15, 0.2) is 30.7 Å². The number of hydrogen-bond acceptors (Lipinski definition) is 3. The van der Waals surface area contributed by atoms with Gasteiger partial charge in [0, 0.05) is 54.9 Å². The molecule has 0 atom stereocenters. The number of carbonyl (C=O) groups is 1. The minimum atomic E-state index is 0.328. The van der Waals surface area contributed by atoms with Gasteiger partial charge in [0.15, 0.2) is 0 Å². The van der Waals surface area contributed by atoms with Gasteiger partial charge in [0.25, 0.3) is 0 Å². The number of rotatable bonds is 3. The van der Waals surface area contributed by atoms with E-state index < -0.39 is 0 Å². The number of aromatic nitrogens is 3. The van der Waals surface area contributed by atoms with Crippen LogP contribution < -0.4 is 0 Å². The molecule has 3 heterocycles. The Balaban J connectivity index is 1.53. The summed E-state index contributed by atoms with van der Waals surface area (Å²) in [6.07, 6.45) is 9.75. The lowest BCUT2D eigenvalue weighted by molar-refractivity contribution is -0.133. The van der Waals surface area contributed by atoms with E-state index in [1.807, 2.05) is 18.3 Å². The highest BCUT2D eigenvalue weighted by atomic mass is 16.2. The maximum atomic E-state index is 12.2. The van der Waals surface area contributed by atoms with Crippen molar-refractivity contribution in [1.82, 2.24) is 19.4 Å². The molecule has 5 nitrogen and oxygen atoms in total. The third kappa shape index (κ3) is 2.76. The summed E-state index contributed by atoms with van der Waals surface area (Å²) in [7, 11) is 0. The molecule has 0 N–H and O–H groups in total. The molecule has 0 aromatic carbocycles. The normalized spacial score (nSPS) is 19.1. The van der Waals surface area contributed by atoms with Crippen molar-refractivity contribution < 1.29 is 4.79 Å². The fourth-order valence-electron chi connectivity index (χ4n) is 3.55.